The number of anilines is 1. The number of hydrogen-bond donors (Lipinski definition) is 2. The summed E-state index contributed by atoms with van der Waals surface area (Å²) in [5.74, 6) is 0.461. The van der Waals surface area contributed by atoms with Gasteiger partial charge in [-0.1, -0.05) is 6.08 Å². The SMILES string of the molecule is C=CCCNc1ccc(C(=O)NCC)nn1. The van der Waals surface area contributed by atoms with Crippen molar-refractivity contribution in [3.63, 3.8) is 0 Å². The molecule has 5 nitrogen and oxygen atoms in total. The molecule has 0 unspecified atom stereocenters. The molecule has 0 radical (unpaired) electrons. The second-order valence-electron chi connectivity index (χ2n) is 3.17. The van der Waals surface area contributed by atoms with Crippen molar-refractivity contribution < 1.29 is 4.79 Å². The Morgan fingerprint density at radius 2 is 2.31 bits per heavy atom. The van der Waals surface area contributed by atoms with Gasteiger partial charge in [-0.25, -0.2) is 0 Å². The lowest BCUT2D eigenvalue weighted by Crippen LogP contribution is -2.24. The zero-order chi connectivity index (χ0) is 11.8. The van der Waals surface area contributed by atoms with Crippen LogP contribution in [0.1, 0.15) is 23.8 Å². The van der Waals surface area contributed by atoms with Crippen molar-refractivity contribution in [1.29, 1.82) is 0 Å². The van der Waals surface area contributed by atoms with Crippen molar-refractivity contribution in [2.75, 3.05) is 18.4 Å². The van der Waals surface area contributed by atoms with Gasteiger partial charge < -0.3 is 10.6 Å². The van der Waals surface area contributed by atoms with E-state index in [1.54, 1.807) is 12.1 Å². The van der Waals surface area contributed by atoms with Crippen molar-refractivity contribution in [1.82, 2.24) is 15.5 Å². The molecule has 0 saturated heterocycles. The normalized spacial score (nSPS) is 9.56. The van der Waals surface area contributed by atoms with Gasteiger partial charge in [0.15, 0.2) is 5.69 Å². The van der Waals surface area contributed by atoms with Gasteiger partial charge in [-0.15, -0.1) is 16.8 Å². The number of nitrogens with one attached hydrogen (secondary N) is 2. The van der Waals surface area contributed by atoms with Crippen LogP contribution in [0.15, 0.2) is 24.8 Å². The van der Waals surface area contributed by atoms with Crippen LogP contribution < -0.4 is 10.6 Å². The quantitative estimate of drug-likeness (QED) is 0.558. The van der Waals surface area contributed by atoms with E-state index in [1.807, 2.05) is 13.0 Å². The minimum absolute atomic E-state index is 0.201. The number of amides is 1. The summed E-state index contributed by atoms with van der Waals surface area (Å²) in [5.41, 5.74) is 0.330. The summed E-state index contributed by atoms with van der Waals surface area (Å²) < 4.78 is 0. The maximum atomic E-state index is 11.4. The number of carbonyl (C=O) groups excluding carboxylic acids is 1. The summed E-state index contributed by atoms with van der Waals surface area (Å²) in [6.45, 7) is 6.82. The van der Waals surface area contributed by atoms with Gasteiger partial charge >= 0.3 is 0 Å². The largest absolute Gasteiger partial charge is 0.368 e. The molecule has 1 rings (SSSR count). The lowest BCUT2D eigenvalue weighted by atomic mass is 10.3. The number of nitrogens with zero attached hydrogens (tertiary/aromatic N) is 2. The zero-order valence-electron chi connectivity index (χ0n) is 9.36. The van der Waals surface area contributed by atoms with Crippen LogP contribution in [0, 0.1) is 0 Å². The predicted octanol–water partition coefficient (Wildman–Crippen LogP) is 1.21. The van der Waals surface area contributed by atoms with Crippen LogP contribution in [-0.4, -0.2) is 29.2 Å². The van der Waals surface area contributed by atoms with Crippen molar-refractivity contribution >= 4 is 11.7 Å². The van der Waals surface area contributed by atoms with Crippen LogP contribution in [0.2, 0.25) is 0 Å². The summed E-state index contributed by atoms with van der Waals surface area (Å²) >= 11 is 0. The molecule has 0 aliphatic rings. The molecular weight excluding hydrogens is 204 g/mol. The molecule has 86 valence electrons. The Morgan fingerprint density at radius 1 is 1.50 bits per heavy atom. The first-order valence-corrected chi connectivity index (χ1v) is 5.24. The van der Waals surface area contributed by atoms with Gasteiger partial charge in [0.25, 0.3) is 5.91 Å². The molecule has 5 heteroatoms. The second-order valence-corrected chi connectivity index (χ2v) is 3.17. The minimum Gasteiger partial charge on any atom is -0.368 e. The van der Waals surface area contributed by atoms with Crippen LogP contribution in [0.5, 0.6) is 0 Å². The Labute approximate surface area is 95.0 Å². The Kier molecular flexibility index (Phi) is 4.98. The van der Waals surface area contributed by atoms with Gasteiger partial charge in [-0.05, 0) is 25.5 Å². The molecule has 0 fully saturated rings. The first kappa shape index (κ1) is 12.2. The van der Waals surface area contributed by atoms with Crippen molar-refractivity contribution in [3.8, 4) is 0 Å². The maximum Gasteiger partial charge on any atom is 0.271 e. The fourth-order valence-corrected chi connectivity index (χ4v) is 1.10. The molecule has 1 amide bonds. The smallest absolute Gasteiger partial charge is 0.271 e. The third-order valence-electron chi connectivity index (χ3n) is 1.89. The average molecular weight is 220 g/mol. The zero-order valence-corrected chi connectivity index (χ0v) is 9.36. The fourth-order valence-electron chi connectivity index (χ4n) is 1.10. The van der Waals surface area contributed by atoms with Crippen LogP contribution in [0.25, 0.3) is 0 Å². The molecule has 0 aromatic carbocycles. The van der Waals surface area contributed by atoms with Crippen LogP contribution >= 0.6 is 0 Å². The molecule has 0 atom stereocenters. The highest BCUT2D eigenvalue weighted by Gasteiger charge is 2.05. The van der Waals surface area contributed by atoms with E-state index in [9.17, 15) is 4.79 Å². The van der Waals surface area contributed by atoms with E-state index in [1.165, 1.54) is 0 Å². The summed E-state index contributed by atoms with van der Waals surface area (Å²) in [5, 5.41) is 13.4. The van der Waals surface area contributed by atoms with Gasteiger partial charge in [0.1, 0.15) is 5.82 Å². The molecule has 0 aliphatic heterocycles. The highest BCUT2D eigenvalue weighted by molar-refractivity contribution is 5.92. The Morgan fingerprint density at radius 3 is 2.88 bits per heavy atom. The van der Waals surface area contributed by atoms with Gasteiger partial charge in [-0.3, -0.25) is 4.79 Å². The van der Waals surface area contributed by atoms with E-state index in [-0.39, 0.29) is 5.91 Å². The van der Waals surface area contributed by atoms with E-state index >= 15 is 0 Å². The molecule has 1 aromatic heterocycles. The van der Waals surface area contributed by atoms with E-state index in [4.69, 9.17) is 0 Å². The Hall–Kier alpha value is -1.91. The van der Waals surface area contributed by atoms with Gasteiger partial charge in [-0.2, -0.15) is 0 Å². The summed E-state index contributed by atoms with van der Waals surface area (Å²) in [7, 11) is 0. The van der Waals surface area contributed by atoms with E-state index in [2.05, 4.69) is 27.4 Å². The molecule has 2 N–H and O–H groups in total. The van der Waals surface area contributed by atoms with Crippen molar-refractivity contribution in [2.45, 2.75) is 13.3 Å². The molecule has 0 spiro atoms. The highest BCUT2D eigenvalue weighted by atomic mass is 16.1. The number of carbonyl (C=O) groups is 1. The molecule has 0 bridgehead atoms. The average Bonchev–Trinajstić information content (AvgIpc) is 2.30. The minimum atomic E-state index is -0.201. The number of hydrogen-bond acceptors (Lipinski definition) is 4. The van der Waals surface area contributed by atoms with Crippen LogP contribution in [-0.2, 0) is 0 Å². The topological polar surface area (TPSA) is 66.9 Å². The van der Waals surface area contributed by atoms with Gasteiger partial charge in [0.05, 0.1) is 0 Å². The van der Waals surface area contributed by atoms with Crippen molar-refractivity contribution in [2.24, 2.45) is 0 Å². The second kappa shape index (κ2) is 6.55. The molecule has 1 aromatic rings. The standard InChI is InChI=1S/C11H16N4O/c1-3-5-8-13-10-7-6-9(14-15-10)11(16)12-4-2/h3,6-7H,1,4-5,8H2,2H3,(H,12,16)(H,13,15). The van der Waals surface area contributed by atoms with Gasteiger partial charge in [0, 0.05) is 13.1 Å². The third kappa shape index (κ3) is 3.68. The Bertz CT molecular complexity index is 348. The molecule has 1 heterocycles. The Balaban J connectivity index is 2.53. The van der Waals surface area contributed by atoms with Crippen LogP contribution in [0.3, 0.4) is 0 Å². The molecule has 0 saturated carbocycles. The maximum absolute atomic E-state index is 11.4. The third-order valence-corrected chi connectivity index (χ3v) is 1.89. The fraction of sp³-hybridized carbons (Fsp3) is 0.364. The van der Waals surface area contributed by atoms with Crippen LogP contribution in [0.4, 0.5) is 5.82 Å². The molecule has 0 aliphatic carbocycles. The monoisotopic (exact) mass is 220 g/mol. The van der Waals surface area contributed by atoms with Gasteiger partial charge in [0.2, 0.25) is 0 Å². The van der Waals surface area contributed by atoms with E-state index in [0.29, 0.717) is 18.1 Å². The highest BCUT2D eigenvalue weighted by Crippen LogP contribution is 2.01. The lowest BCUT2D eigenvalue weighted by Gasteiger charge is -2.04. The first-order chi connectivity index (χ1) is 7.77. The van der Waals surface area contributed by atoms with Crippen molar-refractivity contribution in [3.05, 3.63) is 30.5 Å². The van der Waals surface area contributed by atoms with E-state index < -0.39 is 0 Å². The number of rotatable bonds is 6. The summed E-state index contributed by atoms with van der Waals surface area (Å²) in [4.78, 5) is 11.4. The summed E-state index contributed by atoms with van der Waals surface area (Å²) in [6, 6.07) is 3.38. The molecular formula is C11H16N4O. The predicted molar refractivity (Wildman–Crippen MR) is 63.3 cm³/mol. The lowest BCUT2D eigenvalue weighted by molar-refractivity contribution is 0.0950. The molecule has 16 heavy (non-hydrogen) atoms. The first-order valence-electron chi connectivity index (χ1n) is 5.24. The number of aromatic nitrogens is 2. The summed E-state index contributed by atoms with van der Waals surface area (Å²) in [6.07, 6.45) is 2.68. The van der Waals surface area contributed by atoms with E-state index in [0.717, 1.165) is 13.0 Å².